The average Bonchev–Trinajstić information content (AvgIpc) is 2.46. The molecule has 1 unspecified atom stereocenters. The van der Waals surface area contributed by atoms with Crippen molar-refractivity contribution in [3.63, 3.8) is 0 Å². The highest BCUT2D eigenvalue weighted by molar-refractivity contribution is 5.70. The Morgan fingerprint density at radius 1 is 1.41 bits per heavy atom. The minimum Gasteiger partial charge on any atom is -0.496 e. The van der Waals surface area contributed by atoms with Crippen molar-refractivity contribution in [2.45, 2.75) is 45.6 Å². The second-order valence-electron chi connectivity index (χ2n) is 7.20. The third-order valence-electron chi connectivity index (χ3n) is 4.33. The van der Waals surface area contributed by atoms with Crippen LogP contribution < -0.4 is 4.74 Å². The summed E-state index contributed by atoms with van der Waals surface area (Å²) in [5.41, 5.74) is 2.43. The number of aliphatic carboxylic acids is 1. The van der Waals surface area contributed by atoms with Crippen LogP contribution in [-0.2, 0) is 16.8 Å². The van der Waals surface area contributed by atoms with Crippen LogP contribution in [0, 0.1) is 5.92 Å². The van der Waals surface area contributed by atoms with Crippen molar-refractivity contribution in [3.8, 4) is 5.75 Å². The molecule has 0 amide bonds. The first-order valence-corrected chi connectivity index (χ1v) is 7.94. The topological polar surface area (TPSA) is 49.8 Å². The Labute approximate surface area is 133 Å². The summed E-state index contributed by atoms with van der Waals surface area (Å²) in [4.78, 5) is 13.4. The molecule has 4 nitrogen and oxygen atoms in total. The van der Waals surface area contributed by atoms with Crippen LogP contribution >= 0.6 is 0 Å². The molecule has 1 N–H and O–H groups in total. The molecular weight excluding hydrogens is 278 g/mol. The number of piperidine rings is 1. The van der Waals surface area contributed by atoms with Gasteiger partial charge in [-0.3, -0.25) is 9.69 Å². The minimum atomic E-state index is -0.671. The number of ether oxygens (including phenoxy) is 1. The number of nitrogens with zero attached hydrogens (tertiary/aromatic N) is 1. The molecule has 2 rings (SSSR count). The summed E-state index contributed by atoms with van der Waals surface area (Å²) in [6.45, 7) is 8.95. The molecule has 1 aliphatic heterocycles. The Bertz CT molecular complexity index is 534. The van der Waals surface area contributed by atoms with E-state index in [4.69, 9.17) is 4.74 Å². The van der Waals surface area contributed by atoms with Gasteiger partial charge in [-0.05, 0) is 42.0 Å². The molecule has 1 aromatic carbocycles. The molecule has 122 valence electrons. The van der Waals surface area contributed by atoms with Crippen molar-refractivity contribution in [1.29, 1.82) is 0 Å². The third kappa shape index (κ3) is 4.01. The monoisotopic (exact) mass is 305 g/mol. The molecule has 1 aliphatic rings. The lowest BCUT2D eigenvalue weighted by Gasteiger charge is -2.31. The number of likely N-dealkylation sites (tertiary alicyclic amines) is 1. The molecule has 1 heterocycles. The normalized spacial score (nSPS) is 19.9. The Balaban J connectivity index is 2.14. The molecule has 0 radical (unpaired) electrons. The van der Waals surface area contributed by atoms with Gasteiger partial charge in [-0.25, -0.2) is 0 Å². The quantitative estimate of drug-likeness (QED) is 0.927. The number of carbonyl (C=O) groups is 1. The van der Waals surface area contributed by atoms with Crippen LogP contribution in [0.4, 0.5) is 0 Å². The Morgan fingerprint density at radius 2 is 2.14 bits per heavy atom. The fraction of sp³-hybridized carbons (Fsp3) is 0.611. The van der Waals surface area contributed by atoms with E-state index in [9.17, 15) is 9.90 Å². The van der Waals surface area contributed by atoms with E-state index in [1.165, 1.54) is 11.1 Å². The van der Waals surface area contributed by atoms with Gasteiger partial charge in [0.1, 0.15) is 5.75 Å². The summed E-state index contributed by atoms with van der Waals surface area (Å²) in [7, 11) is 1.70. The SMILES string of the molecule is COc1ccc(CN2CCCC(C(=O)O)C2)cc1C(C)(C)C. The molecule has 1 saturated heterocycles. The van der Waals surface area contributed by atoms with Gasteiger partial charge in [-0.2, -0.15) is 0 Å². The highest BCUT2D eigenvalue weighted by atomic mass is 16.5. The summed E-state index contributed by atoms with van der Waals surface area (Å²) in [5, 5.41) is 9.20. The molecule has 1 fully saturated rings. The van der Waals surface area contributed by atoms with Gasteiger partial charge in [-0.15, -0.1) is 0 Å². The van der Waals surface area contributed by atoms with Crippen LogP contribution in [0.1, 0.15) is 44.7 Å². The molecule has 0 saturated carbocycles. The maximum atomic E-state index is 11.2. The molecule has 1 aromatic rings. The Hall–Kier alpha value is -1.55. The first-order chi connectivity index (χ1) is 10.3. The zero-order valence-corrected chi connectivity index (χ0v) is 14.1. The highest BCUT2D eigenvalue weighted by Crippen LogP contribution is 2.32. The second-order valence-corrected chi connectivity index (χ2v) is 7.20. The Morgan fingerprint density at radius 3 is 2.73 bits per heavy atom. The van der Waals surface area contributed by atoms with E-state index in [2.05, 4.69) is 37.8 Å². The van der Waals surface area contributed by atoms with Crippen molar-refractivity contribution < 1.29 is 14.6 Å². The van der Waals surface area contributed by atoms with Crippen molar-refractivity contribution in [2.75, 3.05) is 20.2 Å². The zero-order valence-electron chi connectivity index (χ0n) is 14.1. The van der Waals surface area contributed by atoms with Gasteiger partial charge in [-0.1, -0.05) is 32.9 Å². The van der Waals surface area contributed by atoms with Gasteiger partial charge >= 0.3 is 5.97 Å². The fourth-order valence-corrected chi connectivity index (χ4v) is 3.10. The van der Waals surface area contributed by atoms with E-state index in [1.54, 1.807) is 7.11 Å². The van der Waals surface area contributed by atoms with Crippen LogP contribution in [-0.4, -0.2) is 36.2 Å². The van der Waals surface area contributed by atoms with Gasteiger partial charge in [0, 0.05) is 13.1 Å². The predicted octanol–water partition coefficient (Wildman–Crippen LogP) is 3.29. The zero-order chi connectivity index (χ0) is 16.3. The van der Waals surface area contributed by atoms with Crippen LogP contribution in [0.5, 0.6) is 5.75 Å². The van der Waals surface area contributed by atoms with E-state index in [-0.39, 0.29) is 11.3 Å². The molecular formula is C18H27NO3. The predicted molar refractivity (Wildman–Crippen MR) is 87.3 cm³/mol. The highest BCUT2D eigenvalue weighted by Gasteiger charge is 2.26. The van der Waals surface area contributed by atoms with Crippen LogP contribution in [0.25, 0.3) is 0 Å². The molecule has 0 aliphatic carbocycles. The molecule has 0 bridgehead atoms. The summed E-state index contributed by atoms with van der Waals surface area (Å²) in [6.07, 6.45) is 1.75. The number of hydrogen-bond donors (Lipinski definition) is 1. The van der Waals surface area contributed by atoms with Gasteiger partial charge in [0.25, 0.3) is 0 Å². The van der Waals surface area contributed by atoms with E-state index >= 15 is 0 Å². The molecule has 0 spiro atoms. The fourth-order valence-electron chi connectivity index (χ4n) is 3.10. The third-order valence-corrected chi connectivity index (χ3v) is 4.33. The minimum absolute atomic E-state index is 0.0207. The number of hydrogen-bond acceptors (Lipinski definition) is 3. The van der Waals surface area contributed by atoms with Crippen molar-refractivity contribution in [2.24, 2.45) is 5.92 Å². The lowest BCUT2D eigenvalue weighted by atomic mass is 9.85. The molecule has 1 atom stereocenters. The van der Waals surface area contributed by atoms with E-state index < -0.39 is 5.97 Å². The standard InChI is InChI=1S/C18H27NO3/c1-18(2,3)15-10-13(7-8-16(15)22-4)11-19-9-5-6-14(12-19)17(20)21/h7-8,10,14H,5-6,9,11-12H2,1-4H3,(H,20,21). The first-order valence-electron chi connectivity index (χ1n) is 7.94. The summed E-state index contributed by atoms with van der Waals surface area (Å²) < 4.78 is 5.47. The van der Waals surface area contributed by atoms with Gasteiger partial charge in [0.05, 0.1) is 13.0 Å². The smallest absolute Gasteiger partial charge is 0.307 e. The van der Waals surface area contributed by atoms with Crippen LogP contribution in [0.2, 0.25) is 0 Å². The van der Waals surface area contributed by atoms with E-state index in [0.717, 1.165) is 31.7 Å². The number of methoxy groups -OCH3 is 1. The maximum Gasteiger partial charge on any atom is 0.307 e. The molecule has 0 aromatic heterocycles. The van der Waals surface area contributed by atoms with Gasteiger partial charge < -0.3 is 9.84 Å². The largest absolute Gasteiger partial charge is 0.496 e. The Kier molecular flexibility index (Phi) is 5.12. The van der Waals surface area contributed by atoms with Crippen molar-refractivity contribution in [1.82, 2.24) is 4.90 Å². The van der Waals surface area contributed by atoms with Crippen molar-refractivity contribution in [3.05, 3.63) is 29.3 Å². The van der Waals surface area contributed by atoms with E-state index in [0.29, 0.717) is 6.54 Å². The average molecular weight is 305 g/mol. The molecule has 22 heavy (non-hydrogen) atoms. The van der Waals surface area contributed by atoms with Gasteiger partial charge in [0.15, 0.2) is 0 Å². The first kappa shape index (κ1) is 16.8. The summed E-state index contributed by atoms with van der Waals surface area (Å²) in [5.74, 6) is 0.0159. The van der Waals surface area contributed by atoms with E-state index in [1.807, 2.05) is 6.07 Å². The lowest BCUT2D eigenvalue weighted by molar-refractivity contribution is -0.143. The second kappa shape index (κ2) is 6.69. The number of rotatable bonds is 4. The van der Waals surface area contributed by atoms with Gasteiger partial charge in [0.2, 0.25) is 0 Å². The van der Waals surface area contributed by atoms with Crippen molar-refractivity contribution >= 4 is 5.97 Å². The summed E-state index contributed by atoms with van der Waals surface area (Å²) >= 11 is 0. The molecule has 4 heteroatoms. The van der Waals surface area contributed by atoms with Crippen LogP contribution in [0.3, 0.4) is 0 Å². The number of benzene rings is 1. The lowest BCUT2D eigenvalue weighted by Crippen LogP contribution is -2.38. The number of carboxylic acid groups (broad SMARTS) is 1. The maximum absolute atomic E-state index is 11.2. The van der Waals surface area contributed by atoms with Crippen LogP contribution in [0.15, 0.2) is 18.2 Å². The number of carboxylic acids is 1. The summed E-state index contributed by atoms with van der Waals surface area (Å²) in [6, 6.07) is 6.30.